The normalized spacial score (nSPS) is 24.4. The van der Waals surface area contributed by atoms with Crippen molar-refractivity contribution in [3.8, 4) is 0 Å². The molecule has 4 rings (SSSR count). The smallest absolute Gasteiger partial charge is 0.290 e. The minimum atomic E-state index is -0.333. The third-order valence-electron chi connectivity index (χ3n) is 6.78. The number of carboxylic acid groups (broad SMARTS) is 1. The number of aryl methyl sites for hydroxylation is 2. The molecule has 1 aromatic rings. The Morgan fingerprint density at radius 3 is 2.66 bits per heavy atom. The Kier molecular flexibility index (Phi) is 7.86. The van der Waals surface area contributed by atoms with Gasteiger partial charge in [0.15, 0.2) is 0 Å². The van der Waals surface area contributed by atoms with Crippen LogP contribution >= 0.6 is 0 Å². The number of benzene rings is 1. The molecule has 2 unspecified atom stereocenters. The fourth-order valence-corrected chi connectivity index (χ4v) is 5.30. The number of aliphatic hydroxyl groups is 1. The lowest BCUT2D eigenvalue weighted by Gasteiger charge is -2.32. The minimum absolute atomic E-state index is 0.0300. The highest BCUT2D eigenvalue weighted by Gasteiger charge is 2.53. The van der Waals surface area contributed by atoms with E-state index in [1.807, 2.05) is 4.90 Å². The van der Waals surface area contributed by atoms with E-state index in [1.54, 1.807) is 4.90 Å². The number of likely N-dealkylation sites (tertiary alicyclic amines) is 2. The summed E-state index contributed by atoms with van der Waals surface area (Å²) in [5.74, 6) is 0.283. The van der Waals surface area contributed by atoms with Crippen molar-refractivity contribution in [2.45, 2.75) is 19.8 Å². The average Bonchev–Trinajstić information content (AvgIpc) is 3.28. The van der Waals surface area contributed by atoms with Crippen LogP contribution in [0.25, 0.3) is 0 Å². The molecule has 3 aliphatic heterocycles. The third-order valence-corrected chi connectivity index (χ3v) is 6.78. The number of amides is 2. The van der Waals surface area contributed by atoms with Crippen LogP contribution in [-0.2, 0) is 25.5 Å². The molecule has 0 saturated carbocycles. The molecule has 0 aromatic heterocycles. The fourth-order valence-electron chi connectivity index (χ4n) is 5.30. The van der Waals surface area contributed by atoms with E-state index < -0.39 is 0 Å². The maximum Gasteiger partial charge on any atom is 0.290 e. The summed E-state index contributed by atoms with van der Waals surface area (Å²) in [5.41, 5.74) is 3.19. The molecule has 2 fully saturated rings. The summed E-state index contributed by atoms with van der Waals surface area (Å²) in [6.07, 6.45) is 2.01. The monoisotopic (exact) mass is 447 g/mol. The van der Waals surface area contributed by atoms with Gasteiger partial charge in [-0.25, -0.2) is 0 Å². The van der Waals surface area contributed by atoms with Gasteiger partial charge < -0.3 is 24.7 Å². The Morgan fingerprint density at radius 2 is 2.00 bits per heavy atom. The molecule has 3 aliphatic rings. The fraction of sp³-hybridized carbons (Fsp3) is 0.609. The van der Waals surface area contributed by atoms with Gasteiger partial charge >= 0.3 is 0 Å². The van der Waals surface area contributed by atoms with E-state index in [-0.39, 0.29) is 42.8 Å². The first-order chi connectivity index (χ1) is 15.4. The number of aliphatic hydroxyl groups excluding tert-OH is 1. The molecule has 3 heterocycles. The summed E-state index contributed by atoms with van der Waals surface area (Å²) in [4.78, 5) is 39.5. The molecule has 9 nitrogen and oxygen atoms in total. The highest BCUT2D eigenvalue weighted by atomic mass is 16.5. The molecular weight excluding hydrogens is 414 g/mol. The Hall–Kier alpha value is -2.49. The number of ether oxygens (including phenoxy) is 1. The number of hydrogen-bond acceptors (Lipinski definition) is 6. The van der Waals surface area contributed by atoms with Crippen LogP contribution in [0.1, 0.15) is 17.5 Å². The molecule has 2 atom stereocenters. The van der Waals surface area contributed by atoms with Crippen LogP contribution < -0.4 is 4.90 Å². The third kappa shape index (κ3) is 4.95. The molecule has 2 amide bonds. The van der Waals surface area contributed by atoms with E-state index in [9.17, 15) is 14.7 Å². The second-order valence-corrected chi connectivity index (χ2v) is 8.98. The molecule has 2 N–H and O–H groups in total. The SMILES string of the molecule is COCC(=O)N1CC2CN(CC(=O)N3CCCc4cc(C)ccc43)CC2(CO)C1.O=CO. The standard InChI is InChI=1S/C22H31N3O4.CH2O2/c1-16-5-6-19-17(8-16)4-3-7-25(19)20(27)11-23-9-18-10-24(21(28)12-29-2)14-22(18,13-23)15-26;2-1-3/h5-6,8,18,26H,3-4,7,9-15H2,1-2H3;1H,(H,2,3). The van der Waals surface area contributed by atoms with E-state index in [2.05, 4.69) is 30.0 Å². The number of anilines is 1. The predicted octanol–water partition coefficient (Wildman–Crippen LogP) is 0.374. The maximum atomic E-state index is 13.1. The van der Waals surface area contributed by atoms with Gasteiger partial charge in [-0.05, 0) is 37.3 Å². The molecule has 0 bridgehead atoms. The lowest BCUT2D eigenvalue weighted by atomic mass is 9.82. The summed E-state index contributed by atoms with van der Waals surface area (Å²) in [5, 5.41) is 17.0. The molecule has 0 spiro atoms. The van der Waals surface area contributed by atoms with Gasteiger partial charge in [0.1, 0.15) is 6.61 Å². The maximum absolute atomic E-state index is 13.1. The number of rotatable bonds is 5. The minimum Gasteiger partial charge on any atom is -0.483 e. The van der Waals surface area contributed by atoms with E-state index >= 15 is 0 Å². The van der Waals surface area contributed by atoms with Crippen molar-refractivity contribution in [1.29, 1.82) is 0 Å². The molecule has 9 heteroatoms. The molecule has 0 radical (unpaired) electrons. The van der Waals surface area contributed by atoms with Gasteiger partial charge in [0.2, 0.25) is 11.8 Å². The first-order valence-electron chi connectivity index (χ1n) is 10.9. The van der Waals surface area contributed by atoms with Crippen molar-refractivity contribution in [3.63, 3.8) is 0 Å². The summed E-state index contributed by atoms with van der Waals surface area (Å²) >= 11 is 0. The topological polar surface area (TPSA) is 111 Å². The Labute approximate surface area is 188 Å². The highest BCUT2D eigenvalue weighted by Crippen LogP contribution is 2.42. The summed E-state index contributed by atoms with van der Waals surface area (Å²) < 4.78 is 4.97. The summed E-state index contributed by atoms with van der Waals surface area (Å²) in [7, 11) is 1.52. The summed E-state index contributed by atoms with van der Waals surface area (Å²) in [6, 6.07) is 6.31. The lowest BCUT2D eigenvalue weighted by molar-refractivity contribution is -0.135. The zero-order chi connectivity index (χ0) is 23.3. The van der Waals surface area contributed by atoms with Gasteiger partial charge in [-0.3, -0.25) is 19.3 Å². The van der Waals surface area contributed by atoms with Crippen LogP contribution in [0.2, 0.25) is 0 Å². The van der Waals surface area contributed by atoms with Crippen molar-refractivity contribution < 1.29 is 29.3 Å². The molecular formula is C23H33N3O6. The van der Waals surface area contributed by atoms with Crippen LogP contribution in [0.5, 0.6) is 0 Å². The number of carbonyl (C=O) groups excluding carboxylic acids is 2. The molecule has 32 heavy (non-hydrogen) atoms. The number of fused-ring (bicyclic) bond motifs is 2. The number of methoxy groups -OCH3 is 1. The van der Waals surface area contributed by atoms with Gasteiger partial charge in [-0.1, -0.05) is 17.7 Å². The molecule has 0 aliphatic carbocycles. The van der Waals surface area contributed by atoms with Gasteiger partial charge in [0, 0.05) is 50.9 Å². The molecule has 1 aromatic carbocycles. The van der Waals surface area contributed by atoms with Crippen molar-refractivity contribution in [3.05, 3.63) is 29.3 Å². The highest BCUT2D eigenvalue weighted by molar-refractivity contribution is 5.96. The zero-order valence-electron chi connectivity index (χ0n) is 18.8. The second-order valence-electron chi connectivity index (χ2n) is 8.98. The van der Waals surface area contributed by atoms with Crippen LogP contribution in [0.3, 0.4) is 0 Å². The first-order valence-corrected chi connectivity index (χ1v) is 10.9. The van der Waals surface area contributed by atoms with Crippen molar-refractivity contribution >= 4 is 24.0 Å². The van der Waals surface area contributed by atoms with E-state index in [4.69, 9.17) is 14.6 Å². The van der Waals surface area contributed by atoms with E-state index in [0.29, 0.717) is 26.2 Å². The Balaban J connectivity index is 0.000000913. The Bertz CT molecular complexity index is 847. The van der Waals surface area contributed by atoms with Gasteiger partial charge in [-0.2, -0.15) is 0 Å². The van der Waals surface area contributed by atoms with Crippen molar-refractivity contribution in [2.75, 3.05) is 64.5 Å². The molecule has 176 valence electrons. The largest absolute Gasteiger partial charge is 0.483 e. The van der Waals surface area contributed by atoms with Crippen molar-refractivity contribution in [2.24, 2.45) is 11.3 Å². The average molecular weight is 448 g/mol. The number of nitrogens with zero attached hydrogens (tertiary/aromatic N) is 3. The summed E-state index contributed by atoms with van der Waals surface area (Å²) in [6.45, 7) is 5.59. The lowest BCUT2D eigenvalue weighted by Crippen LogP contribution is -2.44. The van der Waals surface area contributed by atoms with Crippen molar-refractivity contribution in [1.82, 2.24) is 9.80 Å². The van der Waals surface area contributed by atoms with Crippen LogP contribution in [0, 0.1) is 18.3 Å². The quantitative estimate of drug-likeness (QED) is 0.628. The second kappa shape index (κ2) is 10.4. The predicted molar refractivity (Wildman–Crippen MR) is 118 cm³/mol. The van der Waals surface area contributed by atoms with Gasteiger partial charge in [-0.15, -0.1) is 0 Å². The van der Waals surface area contributed by atoms with Crippen LogP contribution in [0.4, 0.5) is 5.69 Å². The van der Waals surface area contributed by atoms with Crippen LogP contribution in [0.15, 0.2) is 18.2 Å². The zero-order valence-corrected chi connectivity index (χ0v) is 18.8. The van der Waals surface area contributed by atoms with Gasteiger partial charge in [0.05, 0.1) is 13.2 Å². The number of carbonyl (C=O) groups is 3. The molecule has 2 saturated heterocycles. The number of hydrogen-bond donors (Lipinski definition) is 2. The van der Waals surface area contributed by atoms with E-state index in [1.165, 1.54) is 18.2 Å². The van der Waals surface area contributed by atoms with E-state index in [0.717, 1.165) is 31.6 Å². The van der Waals surface area contributed by atoms with Crippen LogP contribution in [-0.4, -0.2) is 97.9 Å². The Morgan fingerprint density at radius 1 is 1.25 bits per heavy atom. The van der Waals surface area contributed by atoms with Gasteiger partial charge in [0.25, 0.3) is 6.47 Å². The first kappa shape index (κ1) is 24.2.